The second-order valence-electron chi connectivity index (χ2n) is 5.78. The average molecular weight is 367 g/mol. The molecule has 2 aromatic heterocycles. The molecule has 3 aromatic rings. The summed E-state index contributed by atoms with van der Waals surface area (Å²) in [5.74, 6) is 0.396. The molecular formula is C18H17N5O2S. The first kappa shape index (κ1) is 17.6. The number of nitrogens with one attached hydrogen (secondary N) is 1. The van der Waals surface area contributed by atoms with Gasteiger partial charge in [0.15, 0.2) is 5.82 Å². The quantitative estimate of drug-likeness (QED) is 0.768. The molecule has 26 heavy (non-hydrogen) atoms. The number of rotatable bonds is 3. The van der Waals surface area contributed by atoms with Crippen LogP contribution >= 0.6 is 0 Å². The first-order valence-corrected chi connectivity index (χ1v) is 9.68. The third-order valence-corrected chi connectivity index (χ3v) is 5.92. The lowest BCUT2D eigenvalue weighted by Crippen LogP contribution is -2.17. The third-order valence-electron chi connectivity index (χ3n) is 4.11. The summed E-state index contributed by atoms with van der Waals surface area (Å²) < 4.78 is 17.5. The van der Waals surface area contributed by atoms with Crippen LogP contribution in [0.2, 0.25) is 0 Å². The predicted molar refractivity (Wildman–Crippen MR) is 99.8 cm³/mol. The molecule has 3 rings (SSSR count). The second-order valence-corrected chi connectivity index (χ2v) is 8.22. The molecule has 1 atom stereocenters. The molecule has 0 amide bonds. The summed E-state index contributed by atoms with van der Waals surface area (Å²) in [5, 5.41) is 11.9. The van der Waals surface area contributed by atoms with E-state index in [4.69, 9.17) is 5.26 Å². The summed E-state index contributed by atoms with van der Waals surface area (Å²) >= 11 is 0. The monoisotopic (exact) mass is 367 g/mol. The van der Waals surface area contributed by atoms with Gasteiger partial charge in [-0.15, -0.1) is 0 Å². The smallest absolute Gasteiger partial charge is 0.280 e. The van der Waals surface area contributed by atoms with Crippen LogP contribution in [0.15, 0.2) is 56.6 Å². The van der Waals surface area contributed by atoms with Gasteiger partial charge in [-0.3, -0.25) is 9.89 Å². The van der Waals surface area contributed by atoms with E-state index in [-0.39, 0.29) is 5.56 Å². The third kappa shape index (κ3) is 3.05. The van der Waals surface area contributed by atoms with Gasteiger partial charge in [0.05, 0.1) is 31.8 Å². The fourth-order valence-electron chi connectivity index (χ4n) is 2.59. The molecule has 1 aromatic carbocycles. The molecule has 7 nitrogen and oxygen atoms in total. The highest BCUT2D eigenvalue weighted by Crippen LogP contribution is 2.20. The average Bonchev–Trinajstić information content (AvgIpc) is 2.96. The van der Waals surface area contributed by atoms with E-state index in [1.165, 1.54) is 24.2 Å². The molecule has 0 unspecified atom stereocenters. The fraction of sp³-hybridized carbons (Fsp3) is 0.167. The van der Waals surface area contributed by atoms with Gasteiger partial charge in [-0.25, -0.2) is 18.2 Å². The Kier molecular flexibility index (Phi) is 4.49. The van der Waals surface area contributed by atoms with Crippen LogP contribution in [0.3, 0.4) is 0 Å². The maximum absolute atomic E-state index is 12.8. The first-order chi connectivity index (χ1) is 12.4. The predicted octanol–water partition coefficient (Wildman–Crippen LogP) is 2.49. The number of nitriles is 1. The van der Waals surface area contributed by atoms with Crippen molar-refractivity contribution in [3.05, 3.63) is 64.2 Å². The normalized spacial score (nSPS) is 13.0. The van der Waals surface area contributed by atoms with E-state index in [0.717, 1.165) is 5.56 Å². The molecule has 0 saturated heterocycles. The maximum atomic E-state index is 12.8. The van der Waals surface area contributed by atoms with Crippen LogP contribution in [0.4, 0.5) is 0 Å². The zero-order chi connectivity index (χ0) is 18.9. The van der Waals surface area contributed by atoms with Gasteiger partial charge in [0.1, 0.15) is 0 Å². The van der Waals surface area contributed by atoms with Crippen molar-refractivity contribution in [3.8, 4) is 23.0 Å². The Balaban J connectivity index is 2.07. The minimum Gasteiger partial charge on any atom is -0.293 e. The summed E-state index contributed by atoms with van der Waals surface area (Å²) in [7, 11) is -0.972. The lowest BCUT2D eigenvalue weighted by Gasteiger charge is -2.04. The maximum Gasteiger partial charge on any atom is 0.280 e. The highest BCUT2D eigenvalue weighted by atomic mass is 32.2. The lowest BCUT2D eigenvalue weighted by molar-refractivity contribution is 0.679. The molecular weight excluding hydrogens is 350 g/mol. The van der Waals surface area contributed by atoms with Crippen molar-refractivity contribution in [1.29, 1.82) is 5.26 Å². The lowest BCUT2D eigenvalue weighted by atomic mass is 10.1. The molecule has 0 aliphatic rings. The molecule has 0 aliphatic carbocycles. The van der Waals surface area contributed by atoms with Crippen molar-refractivity contribution in [1.82, 2.24) is 14.8 Å². The van der Waals surface area contributed by atoms with Crippen LogP contribution in [0.1, 0.15) is 11.3 Å². The van der Waals surface area contributed by atoms with Gasteiger partial charge in [0.25, 0.3) is 5.56 Å². The molecule has 0 aliphatic heterocycles. The first-order valence-electron chi connectivity index (χ1n) is 7.76. The summed E-state index contributed by atoms with van der Waals surface area (Å²) in [4.78, 5) is 17.6. The van der Waals surface area contributed by atoms with Crippen molar-refractivity contribution >= 4 is 9.73 Å². The Morgan fingerprint density at radius 3 is 2.46 bits per heavy atom. The number of nitrogens with zero attached hydrogens (tertiary/aromatic N) is 4. The van der Waals surface area contributed by atoms with Gasteiger partial charge in [-0.05, 0) is 36.8 Å². The van der Waals surface area contributed by atoms with Crippen LogP contribution in [0.5, 0.6) is 0 Å². The SMILES string of the molecule is CN=[S@](C)(=O)c1ccc(-n2[nH]c(C)c(-c3ccc(C#N)cc3)c2=O)nc1. The molecule has 132 valence electrons. The van der Waals surface area contributed by atoms with E-state index in [0.29, 0.717) is 27.5 Å². The van der Waals surface area contributed by atoms with Crippen molar-refractivity contribution < 1.29 is 4.21 Å². The van der Waals surface area contributed by atoms with Gasteiger partial charge >= 0.3 is 0 Å². The van der Waals surface area contributed by atoms with Crippen LogP contribution in [-0.4, -0.2) is 32.3 Å². The summed E-state index contributed by atoms with van der Waals surface area (Å²) in [6.07, 6.45) is 3.01. The topological polar surface area (TPSA) is 104 Å². The molecule has 8 heteroatoms. The number of hydrogen-bond acceptors (Lipinski definition) is 5. The largest absolute Gasteiger partial charge is 0.293 e. The van der Waals surface area contributed by atoms with Gasteiger partial charge in [-0.2, -0.15) is 5.26 Å². The molecule has 2 heterocycles. The Morgan fingerprint density at radius 2 is 1.92 bits per heavy atom. The Labute approximate surface area is 151 Å². The van der Waals surface area contributed by atoms with Gasteiger partial charge in [0, 0.05) is 25.2 Å². The number of H-pyrrole nitrogens is 1. The standard InChI is InChI=1S/C18H17N5O2S/c1-12-17(14-6-4-13(10-19)5-7-14)18(24)23(22-12)16-9-8-15(11-21-16)26(3,25)20-2/h4-9,11,22H,1-3H3/t26-/m1/s1. The zero-order valence-corrected chi connectivity index (χ0v) is 15.4. The molecule has 0 saturated carbocycles. The summed E-state index contributed by atoms with van der Waals surface area (Å²) in [5.41, 5.74) is 2.21. The molecule has 0 radical (unpaired) electrons. The highest BCUT2D eigenvalue weighted by molar-refractivity contribution is 7.93. The number of aryl methyl sites for hydroxylation is 1. The summed E-state index contributed by atoms with van der Waals surface area (Å²) in [6, 6.07) is 12.2. The Bertz CT molecular complexity index is 1170. The van der Waals surface area contributed by atoms with Crippen LogP contribution in [0.25, 0.3) is 16.9 Å². The Hall–Kier alpha value is -3.18. The van der Waals surface area contributed by atoms with Gasteiger partial charge in [0.2, 0.25) is 0 Å². The number of pyridine rings is 1. The van der Waals surface area contributed by atoms with Crippen molar-refractivity contribution in [2.24, 2.45) is 4.36 Å². The van der Waals surface area contributed by atoms with E-state index in [1.54, 1.807) is 43.3 Å². The minimum atomic E-state index is -2.47. The van der Waals surface area contributed by atoms with E-state index in [2.05, 4.69) is 20.5 Å². The van der Waals surface area contributed by atoms with Crippen molar-refractivity contribution in [2.75, 3.05) is 13.3 Å². The number of benzene rings is 1. The van der Waals surface area contributed by atoms with Gasteiger partial charge in [-0.1, -0.05) is 12.1 Å². The number of aromatic nitrogens is 3. The molecule has 1 N–H and O–H groups in total. The number of hydrogen-bond donors (Lipinski definition) is 1. The van der Waals surface area contributed by atoms with E-state index >= 15 is 0 Å². The minimum absolute atomic E-state index is 0.245. The van der Waals surface area contributed by atoms with Crippen molar-refractivity contribution in [2.45, 2.75) is 11.8 Å². The van der Waals surface area contributed by atoms with Gasteiger partial charge < -0.3 is 0 Å². The zero-order valence-electron chi connectivity index (χ0n) is 14.6. The van der Waals surface area contributed by atoms with E-state index in [9.17, 15) is 9.00 Å². The van der Waals surface area contributed by atoms with E-state index < -0.39 is 9.73 Å². The van der Waals surface area contributed by atoms with Crippen LogP contribution in [-0.2, 0) is 9.73 Å². The fourth-order valence-corrected chi connectivity index (χ4v) is 3.37. The second kappa shape index (κ2) is 6.61. The highest BCUT2D eigenvalue weighted by Gasteiger charge is 2.15. The summed E-state index contributed by atoms with van der Waals surface area (Å²) in [6.45, 7) is 1.80. The van der Waals surface area contributed by atoms with Crippen LogP contribution in [0, 0.1) is 18.3 Å². The van der Waals surface area contributed by atoms with E-state index in [1.807, 2.05) is 0 Å². The van der Waals surface area contributed by atoms with Crippen LogP contribution < -0.4 is 5.56 Å². The van der Waals surface area contributed by atoms with Crippen molar-refractivity contribution in [3.63, 3.8) is 0 Å². The number of aromatic amines is 1. The molecule has 0 bridgehead atoms. The Morgan fingerprint density at radius 1 is 1.23 bits per heavy atom. The molecule has 0 fully saturated rings. The molecule has 0 spiro atoms.